The number of nitrogens with one attached hydrogen (secondary N) is 1. The average molecular weight is 257 g/mol. The summed E-state index contributed by atoms with van der Waals surface area (Å²) in [7, 11) is 0. The van der Waals surface area contributed by atoms with E-state index in [1.807, 2.05) is 0 Å². The first-order valence-corrected chi connectivity index (χ1v) is 5.91. The minimum absolute atomic E-state index is 0.169. The van der Waals surface area contributed by atoms with E-state index in [2.05, 4.69) is 5.32 Å². The fourth-order valence-corrected chi connectivity index (χ4v) is 2.61. The number of nitrogens with zero attached hydrogens (tertiary/aromatic N) is 1. The van der Waals surface area contributed by atoms with Gasteiger partial charge in [0.1, 0.15) is 0 Å². The van der Waals surface area contributed by atoms with Crippen LogP contribution in [0.4, 0.5) is 8.78 Å². The van der Waals surface area contributed by atoms with Gasteiger partial charge in [0.25, 0.3) is 0 Å². The zero-order valence-corrected chi connectivity index (χ0v) is 9.77. The first-order chi connectivity index (χ1) is 8.18. The van der Waals surface area contributed by atoms with E-state index in [1.54, 1.807) is 16.8 Å². The zero-order valence-electron chi connectivity index (χ0n) is 9.01. The molecule has 1 aromatic carbocycles. The van der Waals surface area contributed by atoms with Crippen LogP contribution in [-0.4, -0.2) is 17.7 Å². The Labute approximate surface area is 102 Å². The van der Waals surface area contributed by atoms with Crippen molar-refractivity contribution in [2.75, 3.05) is 13.1 Å². The van der Waals surface area contributed by atoms with Gasteiger partial charge in [0.05, 0.1) is 10.5 Å². The lowest BCUT2D eigenvalue weighted by Gasteiger charge is -2.13. The maximum absolute atomic E-state index is 13.9. The van der Waals surface area contributed by atoms with Crippen molar-refractivity contribution >= 4 is 22.5 Å². The number of benzene rings is 1. The summed E-state index contributed by atoms with van der Waals surface area (Å²) in [5.74, 6) is -1.82. The van der Waals surface area contributed by atoms with Crippen molar-refractivity contribution in [1.82, 2.24) is 9.88 Å². The topological polar surface area (TPSA) is 17.0 Å². The van der Waals surface area contributed by atoms with Crippen molar-refractivity contribution < 1.29 is 8.78 Å². The summed E-state index contributed by atoms with van der Waals surface area (Å²) in [5, 5.41) is 3.68. The summed E-state index contributed by atoms with van der Waals surface area (Å²) in [6.07, 6.45) is 2.72. The van der Waals surface area contributed by atoms with Crippen LogP contribution in [-0.2, 0) is 0 Å². The maximum Gasteiger partial charge on any atom is 0.184 e. The summed E-state index contributed by atoms with van der Waals surface area (Å²) in [6.45, 7) is 1.69. The van der Waals surface area contributed by atoms with E-state index < -0.39 is 11.6 Å². The largest absolute Gasteiger partial charge is 0.341 e. The van der Waals surface area contributed by atoms with Crippen LogP contribution in [0.1, 0.15) is 12.5 Å². The molecule has 0 aliphatic carbocycles. The van der Waals surface area contributed by atoms with Crippen LogP contribution in [0.5, 0.6) is 0 Å². The zero-order chi connectivity index (χ0) is 12.0. The summed E-state index contributed by atoms with van der Waals surface area (Å²) in [4.78, 5) is 0. The molecule has 5 heteroatoms. The smallest absolute Gasteiger partial charge is 0.184 e. The van der Waals surface area contributed by atoms with Crippen LogP contribution in [0, 0.1) is 11.6 Å². The Morgan fingerprint density at radius 1 is 1.35 bits per heavy atom. The average Bonchev–Trinajstić information content (AvgIpc) is 2.93. The van der Waals surface area contributed by atoms with Crippen LogP contribution in [0.25, 0.3) is 10.9 Å². The number of fused-ring (bicyclic) bond motifs is 1. The molecule has 3 rings (SSSR count). The van der Waals surface area contributed by atoms with Crippen molar-refractivity contribution in [2.24, 2.45) is 0 Å². The molecule has 0 amide bonds. The first kappa shape index (κ1) is 11.0. The van der Waals surface area contributed by atoms with Crippen molar-refractivity contribution in [1.29, 1.82) is 0 Å². The molecule has 1 aliphatic rings. The number of rotatable bonds is 1. The van der Waals surface area contributed by atoms with Gasteiger partial charge < -0.3 is 9.88 Å². The van der Waals surface area contributed by atoms with Gasteiger partial charge in [-0.05, 0) is 25.1 Å². The van der Waals surface area contributed by atoms with Gasteiger partial charge in [-0.1, -0.05) is 11.6 Å². The van der Waals surface area contributed by atoms with E-state index in [9.17, 15) is 8.78 Å². The minimum Gasteiger partial charge on any atom is -0.341 e. The van der Waals surface area contributed by atoms with Crippen molar-refractivity contribution in [3.05, 3.63) is 35.0 Å². The molecule has 1 fully saturated rings. The lowest BCUT2D eigenvalue weighted by atomic mass is 10.2. The molecule has 0 saturated carbocycles. The highest BCUT2D eigenvalue weighted by molar-refractivity contribution is 6.31. The van der Waals surface area contributed by atoms with Gasteiger partial charge >= 0.3 is 0 Å². The number of hydrogen-bond acceptors (Lipinski definition) is 1. The molecule has 1 aromatic heterocycles. The third-order valence-electron chi connectivity index (χ3n) is 3.27. The third-order valence-corrected chi connectivity index (χ3v) is 3.54. The Bertz CT molecular complexity index is 573. The number of halogens is 3. The molecule has 1 aliphatic heterocycles. The fourth-order valence-electron chi connectivity index (χ4n) is 2.41. The quantitative estimate of drug-likeness (QED) is 0.776. The Kier molecular flexibility index (Phi) is 2.56. The molecule has 1 N–H and O–H groups in total. The van der Waals surface area contributed by atoms with Crippen LogP contribution in [0.2, 0.25) is 5.02 Å². The van der Waals surface area contributed by atoms with Crippen LogP contribution in [0.15, 0.2) is 18.3 Å². The fraction of sp³-hybridized carbons (Fsp3) is 0.333. The highest BCUT2D eigenvalue weighted by atomic mass is 35.5. The number of hydrogen-bond donors (Lipinski definition) is 1. The van der Waals surface area contributed by atoms with Gasteiger partial charge in [-0.2, -0.15) is 0 Å². The van der Waals surface area contributed by atoms with E-state index >= 15 is 0 Å². The molecule has 1 saturated heterocycles. The summed E-state index contributed by atoms with van der Waals surface area (Å²) >= 11 is 5.63. The lowest BCUT2D eigenvalue weighted by Crippen LogP contribution is -2.13. The van der Waals surface area contributed by atoms with Crippen LogP contribution < -0.4 is 5.32 Å². The van der Waals surface area contributed by atoms with Crippen molar-refractivity contribution in [3.63, 3.8) is 0 Å². The Morgan fingerprint density at radius 3 is 2.88 bits per heavy atom. The van der Waals surface area contributed by atoms with Crippen LogP contribution >= 0.6 is 11.6 Å². The Morgan fingerprint density at radius 2 is 2.18 bits per heavy atom. The van der Waals surface area contributed by atoms with E-state index in [1.165, 1.54) is 6.07 Å². The highest BCUT2D eigenvalue weighted by Gasteiger charge is 2.22. The lowest BCUT2D eigenvalue weighted by molar-refractivity contribution is 0.501. The second-order valence-corrected chi connectivity index (χ2v) is 4.70. The second kappa shape index (κ2) is 3.96. The van der Waals surface area contributed by atoms with Gasteiger partial charge in [-0.25, -0.2) is 8.78 Å². The minimum atomic E-state index is -0.968. The Balaban J connectivity index is 2.23. The van der Waals surface area contributed by atoms with Crippen LogP contribution in [0.3, 0.4) is 0 Å². The standard InChI is InChI=1S/C12H11ClF2N2/c13-9-5-7-2-4-17(8-1-3-16-6-8)12(7)11(15)10(9)14/h2,4-5,8,16H,1,3,6H2. The molecule has 17 heavy (non-hydrogen) atoms. The Hall–Kier alpha value is -1.13. The van der Waals surface area contributed by atoms with E-state index in [0.29, 0.717) is 10.9 Å². The monoisotopic (exact) mass is 256 g/mol. The molecule has 2 heterocycles. The van der Waals surface area contributed by atoms with Gasteiger partial charge in [-0.3, -0.25) is 0 Å². The van der Waals surface area contributed by atoms with Gasteiger partial charge in [0.15, 0.2) is 11.6 Å². The van der Waals surface area contributed by atoms with E-state index in [4.69, 9.17) is 11.6 Å². The molecule has 2 nitrogen and oxygen atoms in total. The third kappa shape index (κ3) is 1.63. The molecule has 0 spiro atoms. The van der Waals surface area contributed by atoms with E-state index in [0.717, 1.165) is 19.5 Å². The predicted octanol–water partition coefficient (Wildman–Crippen LogP) is 3.11. The SMILES string of the molecule is Fc1c(Cl)cc2ccn(C3CCNC3)c2c1F. The second-order valence-electron chi connectivity index (χ2n) is 4.29. The predicted molar refractivity (Wildman–Crippen MR) is 63.4 cm³/mol. The molecular formula is C12H11ClF2N2. The molecule has 1 atom stereocenters. The van der Waals surface area contributed by atoms with Gasteiger partial charge in [-0.15, -0.1) is 0 Å². The maximum atomic E-state index is 13.9. The van der Waals surface area contributed by atoms with Crippen molar-refractivity contribution in [3.8, 4) is 0 Å². The normalized spacial score (nSPS) is 20.3. The molecule has 1 unspecified atom stereocenters. The van der Waals surface area contributed by atoms with E-state index in [-0.39, 0.29) is 11.1 Å². The highest BCUT2D eigenvalue weighted by Crippen LogP contribution is 2.30. The summed E-state index contributed by atoms with van der Waals surface area (Å²) in [6, 6.07) is 3.42. The first-order valence-electron chi connectivity index (χ1n) is 5.53. The van der Waals surface area contributed by atoms with Gasteiger partial charge in [0.2, 0.25) is 0 Å². The number of aromatic nitrogens is 1. The molecule has 0 bridgehead atoms. The van der Waals surface area contributed by atoms with Crippen molar-refractivity contribution in [2.45, 2.75) is 12.5 Å². The molecule has 90 valence electrons. The molecule has 0 radical (unpaired) electrons. The van der Waals surface area contributed by atoms with Gasteiger partial charge in [0, 0.05) is 24.2 Å². The summed E-state index contributed by atoms with van der Waals surface area (Å²) in [5.41, 5.74) is 0.306. The molecule has 2 aromatic rings. The molecular weight excluding hydrogens is 246 g/mol. The summed E-state index contributed by atoms with van der Waals surface area (Å²) < 4.78 is 29.2.